The molecular weight excluding hydrogens is 180 g/mol. The molecule has 5 heteroatoms. The van der Waals surface area contributed by atoms with Crippen molar-refractivity contribution in [3.63, 3.8) is 0 Å². The van der Waals surface area contributed by atoms with E-state index in [1.54, 1.807) is 0 Å². The van der Waals surface area contributed by atoms with Crippen molar-refractivity contribution in [3.05, 3.63) is 0 Å². The number of hydrogen-bond acceptors (Lipinski definition) is 4. The smallest absolute Gasteiger partial charge is 0.324 e. The van der Waals surface area contributed by atoms with Crippen molar-refractivity contribution in [2.24, 2.45) is 5.92 Å². The van der Waals surface area contributed by atoms with E-state index in [-0.39, 0.29) is 11.7 Å². The van der Waals surface area contributed by atoms with Crippen LogP contribution < -0.4 is 0 Å². The van der Waals surface area contributed by atoms with E-state index < -0.39 is 21.1 Å². The van der Waals surface area contributed by atoms with E-state index in [4.69, 9.17) is 0 Å². The second-order valence-electron chi connectivity index (χ2n) is 3.18. The van der Waals surface area contributed by atoms with Crippen LogP contribution in [0.1, 0.15) is 13.3 Å². The summed E-state index contributed by atoms with van der Waals surface area (Å²) in [5, 5.41) is -0.919. The minimum atomic E-state index is -3.22. The summed E-state index contributed by atoms with van der Waals surface area (Å²) >= 11 is 0. The van der Waals surface area contributed by atoms with Gasteiger partial charge < -0.3 is 4.74 Å². The van der Waals surface area contributed by atoms with Crippen molar-refractivity contribution < 1.29 is 17.9 Å². The van der Waals surface area contributed by atoms with Crippen molar-refractivity contribution in [1.29, 1.82) is 0 Å². The number of sulfone groups is 1. The van der Waals surface area contributed by atoms with Gasteiger partial charge in [0, 0.05) is 0 Å². The van der Waals surface area contributed by atoms with E-state index in [9.17, 15) is 13.2 Å². The molecule has 70 valence electrons. The fourth-order valence-electron chi connectivity index (χ4n) is 1.47. The van der Waals surface area contributed by atoms with Gasteiger partial charge in [0.15, 0.2) is 15.1 Å². The molecule has 1 rings (SSSR count). The number of carbonyl (C=O) groups is 1. The van der Waals surface area contributed by atoms with Crippen LogP contribution in [0.4, 0.5) is 0 Å². The first-order valence-corrected chi connectivity index (χ1v) is 5.48. The average Bonchev–Trinajstić information content (AvgIpc) is 2.23. The van der Waals surface area contributed by atoms with Crippen LogP contribution >= 0.6 is 0 Å². The van der Waals surface area contributed by atoms with Gasteiger partial charge in [-0.2, -0.15) is 0 Å². The molecule has 1 unspecified atom stereocenters. The molecule has 12 heavy (non-hydrogen) atoms. The lowest BCUT2D eigenvalue weighted by Crippen LogP contribution is -2.27. The summed E-state index contributed by atoms with van der Waals surface area (Å²) in [7, 11) is -2.01. The highest BCUT2D eigenvalue weighted by Gasteiger charge is 2.41. The fraction of sp³-hybridized carbons (Fsp3) is 0.857. The lowest BCUT2D eigenvalue weighted by molar-refractivity contribution is -0.140. The summed E-state index contributed by atoms with van der Waals surface area (Å²) in [6, 6.07) is 0. The van der Waals surface area contributed by atoms with Crippen molar-refractivity contribution >= 4 is 15.8 Å². The van der Waals surface area contributed by atoms with Crippen LogP contribution in [0.25, 0.3) is 0 Å². The molecule has 1 fully saturated rings. The molecule has 1 saturated heterocycles. The summed E-state index contributed by atoms with van der Waals surface area (Å²) in [5.74, 6) is -0.453. The quantitative estimate of drug-likeness (QED) is 0.548. The van der Waals surface area contributed by atoms with Crippen LogP contribution in [-0.4, -0.2) is 32.5 Å². The SMILES string of the molecule is COC(=O)C1C[C@H](C)CS1(=O)=O. The van der Waals surface area contributed by atoms with E-state index >= 15 is 0 Å². The van der Waals surface area contributed by atoms with Gasteiger partial charge in [-0.15, -0.1) is 0 Å². The van der Waals surface area contributed by atoms with Gasteiger partial charge in [-0.25, -0.2) is 8.42 Å². The molecule has 0 aliphatic carbocycles. The third-order valence-corrected chi connectivity index (χ3v) is 4.32. The number of rotatable bonds is 1. The first kappa shape index (κ1) is 9.51. The van der Waals surface area contributed by atoms with E-state index in [0.29, 0.717) is 6.42 Å². The van der Waals surface area contributed by atoms with E-state index in [2.05, 4.69) is 4.74 Å². The third-order valence-electron chi connectivity index (χ3n) is 2.03. The van der Waals surface area contributed by atoms with Crippen LogP contribution in [0.5, 0.6) is 0 Å². The highest BCUT2D eigenvalue weighted by Crippen LogP contribution is 2.25. The molecule has 0 N–H and O–H groups in total. The molecular formula is C7H12O4S. The minimum Gasteiger partial charge on any atom is -0.468 e. The molecule has 1 aliphatic heterocycles. The maximum atomic E-state index is 11.3. The van der Waals surface area contributed by atoms with Crippen LogP contribution in [0, 0.1) is 5.92 Å². The summed E-state index contributed by atoms with van der Waals surface area (Å²) in [6.45, 7) is 1.82. The lowest BCUT2D eigenvalue weighted by Gasteiger charge is -2.04. The highest BCUT2D eigenvalue weighted by atomic mass is 32.2. The third kappa shape index (κ3) is 1.60. The second-order valence-corrected chi connectivity index (χ2v) is 5.41. The van der Waals surface area contributed by atoms with Gasteiger partial charge in [0.05, 0.1) is 12.9 Å². The van der Waals surface area contributed by atoms with Gasteiger partial charge in [-0.3, -0.25) is 4.79 Å². The maximum absolute atomic E-state index is 11.3. The Morgan fingerprint density at radius 1 is 1.50 bits per heavy atom. The number of methoxy groups -OCH3 is 1. The first-order valence-electron chi connectivity index (χ1n) is 3.76. The van der Waals surface area contributed by atoms with Gasteiger partial charge in [0.25, 0.3) is 0 Å². The molecule has 0 spiro atoms. The van der Waals surface area contributed by atoms with Crippen LogP contribution in [0.2, 0.25) is 0 Å². The van der Waals surface area contributed by atoms with Crippen molar-refractivity contribution in [1.82, 2.24) is 0 Å². The Bertz CT molecular complexity index is 280. The summed E-state index contributed by atoms with van der Waals surface area (Å²) in [5.41, 5.74) is 0. The van der Waals surface area contributed by atoms with Crippen molar-refractivity contribution in [2.45, 2.75) is 18.6 Å². The standard InChI is InChI=1S/C7H12O4S/c1-5-3-6(7(8)11-2)12(9,10)4-5/h5-6H,3-4H2,1-2H3/t5-,6?/m0/s1. The maximum Gasteiger partial charge on any atom is 0.324 e. The van der Waals surface area contributed by atoms with Crippen LogP contribution in [0.15, 0.2) is 0 Å². The Balaban J connectivity index is 2.86. The van der Waals surface area contributed by atoms with E-state index in [1.165, 1.54) is 7.11 Å². The Kier molecular flexibility index (Phi) is 2.41. The molecule has 2 atom stereocenters. The Labute approximate surface area is 71.8 Å². The number of carbonyl (C=O) groups excluding carboxylic acids is 1. The largest absolute Gasteiger partial charge is 0.468 e. The van der Waals surface area contributed by atoms with Gasteiger partial charge in [-0.05, 0) is 12.3 Å². The topological polar surface area (TPSA) is 60.4 Å². The average molecular weight is 192 g/mol. The monoisotopic (exact) mass is 192 g/mol. The van der Waals surface area contributed by atoms with Gasteiger partial charge in [-0.1, -0.05) is 6.92 Å². The van der Waals surface area contributed by atoms with Crippen LogP contribution in [-0.2, 0) is 19.4 Å². The van der Waals surface area contributed by atoms with Gasteiger partial charge >= 0.3 is 5.97 Å². The molecule has 0 aromatic carbocycles. The predicted molar refractivity (Wildman–Crippen MR) is 43.4 cm³/mol. The van der Waals surface area contributed by atoms with E-state index in [0.717, 1.165) is 0 Å². The molecule has 4 nitrogen and oxygen atoms in total. The summed E-state index contributed by atoms with van der Waals surface area (Å²) < 4.78 is 26.9. The second kappa shape index (κ2) is 3.05. The zero-order valence-corrected chi connectivity index (χ0v) is 7.93. The molecule has 1 heterocycles. The zero-order valence-electron chi connectivity index (χ0n) is 7.11. The van der Waals surface area contributed by atoms with Crippen molar-refractivity contribution in [3.8, 4) is 0 Å². The minimum absolute atomic E-state index is 0.0686. The zero-order chi connectivity index (χ0) is 9.35. The molecule has 0 bridgehead atoms. The van der Waals surface area contributed by atoms with Crippen molar-refractivity contribution in [2.75, 3.05) is 12.9 Å². The molecule has 0 aromatic rings. The molecule has 1 aliphatic rings. The number of hydrogen-bond donors (Lipinski definition) is 0. The van der Waals surface area contributed by atoms with Crippen LogP contribution in [0.3, 0.4) is 0 Å². The predicted octanol–water partition coefficient (Wildman–Crippen LogP) is -0.0174. The number of ether oxygens (including phenoxy) is 1. The Hall–Kier alpha value is -0.580. The van der Waals surface area contributed by atoms with Gasteiger partial charge in [0.2, 0.25) is 0 Å². The molecule has 0 radical (unpaired) electrons. The van der Waals surface area contributed by atoms with Gasteiger partial charge in [0.1, 0.15) is 0 Å². The lowest BCUT2D eigenvalue weighted by atomic mass is 10.1. The Morgan fingerprint density at radius 3 is 2.42 bits per heavy atom. The van der Waals surface area contributed by atoms with E-state index in [1.807, 2.05) is 6.92 Å². The summed E-state index contributed by atoms with van der Waals surface area (Å²) in [4.78, 5) is 11.0. The molecule has 0 amide bonds. The normalized spacial score (nSPS) is 33.2. The summed E-state index contributed by atoms with van der Waals surface area (Å²) in [6.07, 6.45) is 0.398. The first-order chi connectivity index (χ1) is 5.47. The Morgan fingerprint density at radius 2 is 2.08 bits per heavy atom. The molecule has 0 saturated carbocycles. The molecule has 0 aromatic heterocycles. The highest BCUT2D eigenvalue weighted by molar-refractivity contribution is 7.93. The fourth-order valence-corrected chi connectivity index (χ4v) is 3.64. The number of esters is 1.